The summed E-state index contributed by atoms with van der Waals surface area (Å²) >= 11 is 6.27. The van der Waals surface area contributed by atoms with E-state index in [-0.39, 0.29) is 10.2 Å². The van der Waals surface area contributed by atoms with E-state index < -0.39 is 49.8 Å². The minimum Gasteiger partial charge on any atom is -0.454 e. The van der Waals surface area contributed by atoms with Crippen molar-refractivity contribution in [2.24, 2.45) is 0 Å². The number of aromatic nitrogens is 2. The van der Waals surface area contributed by atoms with Crippen molar-refractivity contribution in [2.75, 3.05) is 4.72 Å². The van der Waals surface area contributed by atoms with Gasteiger partial charge in [-0.1, -0.05) is 11.6 Å². The molecular weight excluding hydrogens is 465 g/mol. The number of anilines is 1. The zero-order valence-electron chi connectivity index (χ0n) is 13.7. The number of nitrogens with zero attached hydrogens (tertiary/aromatic N) is 2. The van der Waals surface area contributed by atoms with E-state index in [2.05, 4.69) is 9.36 Å². The van der Waals surface area contributed by atoms with E-state index >= 15 is 0 Å². The Morgan fingerprint density at radius 1 is 1.07 bits per heavy atom. The third-order valence-electron chi connectivity index (χ3n) is 3.29. The number of nitrogens with one attached hydrogen (secondary N) is 1. The first-order chi connectivity index (χ1) is 13.5. The van der Waals surface area contributed by atoms with Crippen molar-refractivity contribution >= 4 is 38.3 Å². The Morgan fingerprint density at radius 3 is 2.41 bits per heavy atom. The summed E-state index contributed by atoms with van der Waals surface area (Å²) in [5.41, 5.74) is -1.17. The summed E-state index contributed by atoms with van der Waals surface area (Å²) in [5.74, 6) is -4.10. The molecule has 0 spiro atoms. The van der Waals surface area contributed by atoms with Crippen LogP contribution in [0.5, 0.6) is 11.5 Å². The van der Waals surface area contributed by atoms with Crippen molar-refractivity contribution < 1.29 is 35.1 Å². The standard InChI is InChI=1S/C15H7ClF5N3O3S2/c16-8-1-7(15(19,20)21)2-9(3-8)27-12-4-11(18)13(5-10(12)17)29(25,26)24-14-22-6-23-28-14/h1-6H,(H,22,23,24). The zero-order valence-corrected chi connectivity index (χ0v) is 16.1. The third kappa shape index (κ3) is 4.92. The van der Waals surface area contributed by atoms with E-state index in [1.807, 2.05) is 4.72 Å². The molecular formula is C15H7ClF5N3O3S2. The van der Waals surface area contributed by atoms with E-state index in [9.17, 15) is 30.4 Å². The van der Waals surface area contributed by atoms with Crippen LogP contribution in [0.4, 0.5) is 27.1 Å². The van der Waals surface area contributed by atoms with Crippen LogP contribution in [-0.4, -0.2) is 17.8 Å². The van der Waals surface area contributed by atoms with Crippen molar-refractivity contribution in [1.29, 1.82) is 0 Å². The topological polar surface area (TPSA) is 81.2 Å². The average molecular weight is 472 g/mol. The number of ether oxygens (including phenoxy) is 1. The van der Waals surface area contributed by atoms with Crippen molar-refractivity contribution in [3.63, 3.8) is 0 Å². The molecule has 0 bridgehead atoms. The highest BCUT2D eigenvalue weighted by molar-refractivity contribution is 7.93. The van der Waals surface area contributed by atoms with Gasteiger partial charge in [-0.3, -0.25) is 4.72 Å². The average Bonchev–Trinajstić information content (AvgIpc) is 3.08. The van der Waals surface area contributed by atoms with Crippen LogP contribution in [0.1, 0.15) is 5.56 Å². The number of alkyl halides is 3. The summed E-state index contributed by atoms with van der Waals surface area (Å²) in [4.78, 5) is 2.50. The highest BCUT2D eigenvalue weighted by atomic mass is 35.5. The lowest BCUT2D eigenvalue weighted by Gasteiger charge is -2.13. The lowest BCUT2D eigenvalue weighted by molar-refractivity contribution is -0.137. The number of hydrogen-bond donors (Lipinski definition) is 1. The second-order valence-electron chi connectivity index (χ2n) is 5.34. The monoisotopic (exact) mass is 471 g/mol. The molecule has 0 aliphatic carbocycles. The maximum Gasteiger partial charge on any atom is 0.416 e. The third-order valence-corrected chi connectivity index (χ3v) is 5.57. The SMILES string of the molecule is O=S(=O)(Nc1ncns1)c1cc(F)c(Oc2cc(Cl)cc(C(F)(F)F)c2)cc1F. The zero-order chi connectivity index (χ0) is 21.4. The molecule has 0 fully saturated rings. The number of hydrogen-bond acceptors (Lipinski definition) is 6. The highest BCUT2D eigenvalue weighted by Crippen LogP contribution is 2.36. The molecule has 0 unspecified atom stereocenters. The number of benzene rings is 2. The van der Waals surface area contributed by atoms with E-state index in [4.69, 9.17) is 16.3 Å². The summed E-state index contributed by atoms with van der Waals surface area (Å²) < 4.78 is 102. The van der Waals surface area contributed by atoms with Crippen molar-refractivity contribution in [2.45, 2.75) is 11.1 Å². The molecule has 0 atom stereocenters. The second kappa shape index (κ2) is 7.72. The Morgan fingerprint density at radius 2 is 1.79 bits per heavy atom. The maximum atomic E-state index is 14.3. The molecule has 3 aromatic rings. The molecule has 0 aliphatic heterocycles. The summed E-state index contributed by atoms with van der Waals surface area (Å²) in [6, 6.07) is 2.82. The summed E-state index contributed by atoms with van der Waals surface area (Å²) in [6.07, 6.45) is -3.70. The van der Waals surface area contributed by atoms with Gasteiger partial charge in [0.1, 0.15) is 22.8 Å². The fourth-order valence-corrected chi connectivity index (χ4v) is 4.05. The van der Waals surface area contributed by atoms with Gasteiger partial charge in [-0.15, -0.1) is 0 Å². The Bertz CT molecular complexity index is 1150. The summed E-state index contributed by atoms with van der Waals surface area (Å²) in [7, 11) is -4.54. The predicted molar refractivity (Wildman–Crippen MR) is 93.6 cm³/mol. The number of sulfonamides is 1. The molecule has 154 valence electrons. The minimum absolute atomic E-state index is 0.177. The molecule has 0 saturated heterocycles. The van der Waals surface area contributed by atoms with Gasteiger partial charge in [0.15, 0.2) is 11.6 Å². The molecule has 0 saturated carbocycles. The molecule has 1 N–H and O–H groups in total. The molecule has 0 aliphatic rings. The first-order valence-corrected chi connectivity index (χ1v) is 9.93. The fourth-order valence-electron chi connectivity index (χ4n) is 2.09. The van der Waals surface area contributed by atoms with Gasteiger partial charge in [-0.2, -0.15) is 17.5 Å². The lowest BCUT2D eigenvalue weighted by atomic mass is 10.2. The molecule has 0 radical (unpaired) electrons. The summed E-state index contributed by atoms with van der Waals surface area (Å²) in [6.45, 7) is 0. The van der Waals surface area contributed by atoms with Crippen LogP contribution in [0.15, 0.2) is 41.6 Å². The van der Waals surface area contributed by atoms with E-state index in [1.165, 1.54) is 0 Å². The van der Waals surface area contributed by atoms with Crippen LogP contribution in [0.2, 0.25) is 5.02 Å². The number of rotatable bonds is 5. The first kappa shape index (κ1) is 21.2. The molecule has 1 heterocycles. The molecule has 0 amide bonds. The molecule has 3 rings (SSSR count). The van der Waals surface area contributed by atoms with Gasteiger partial charge in [-0.25, -0.2) is 22.2 Å². The van der Waals surface area contributed by atoms with Gasteiger partial charge >= 0.3 is 6.18 Å². The van der Waals surface area contributed by atoms with Gasteiger partial charge in [0.2, 0.25) is 5.13 Å². The van der Waals surface area contributed by atoms with Gasteiger partial charge in [0, 0.05) is 28.7 Å². The van der Waals surface area contributed by atoms with Crippen molar-refractivity contribution in [3.05, 3.63) is 58.9 Å². The lowest BCUT2D eigenvalue weighted by Crippen LogP contribution is -2.15. The fraction of sp³-hybridized carbons (Fsp3) is 0.0667. The van der Waals surface area contributed by atoms with Gasteiger partial charge in [0.25, 0.3) is 10.0 Å². The van der Waals surface area contributed by atoms with Crippen LogP contribution in [0, 0.1) is 11.6 Å². The van der Waals surface area contributed by atoms with Crippen molar-refractivity contribution in [1.82, 2.24) is 9.36 Å². The summed E-state index contributed by atoms with van der Waals surface area (Å²) in [5, 5.41) is -0.528. The first-order valence-electron chi connectivity index (χ1n) is 7.30. The molecule has 2 aromatic carbocycles. The number of halogens is 6. The Hall–Kier alpha value is -2.51. The Balaban J connectivity index is 1.94. The van der Waals surface area contributed by atoms with Gasteiger partial charge < -0.3 is 4.74 Å². The molecule has 29 heavy (non-hydrogen) atoms. The second-order valence-corrected chi connectivity index (χ2v) is 8.21. The minimum atomic E-state index is -4.75. The van der Waals surface area contributed by atoms with E-state index in [0.717, 1.165) is 12.4 Å². The van der Waals surface area contributed by atoms with Gasteiger partial charge in [0.05, 0.1) is 5.56 Å². The molecule has 1 aromatic heterocycles. The van der Waals surface area contributed by atoms with Crippen LogP contribution in [-0.2, 0) is 16.2 Å². The van der Waals surface area contributed by atoms with Gasteiger partial charge in [-0.05, 0) is 18.2 Å². The largest absolute Gasteiger partial charge is 0.454 e. The predicted octanol–water partition coefficient (Wildman–Crippen LogP) is 5.08. The quantitative estimate of drug-likeness (QED) is 0.525. The Kier molecular flexibility index (Phi) is 5.65. The molecule has 14 heteroatoms. The van der Waals surface area contributed by atoms with Crippen LogP contribution < -0.4 is 9.46 Å². The highest BCUT2D eigenvalue weighted by Gasteiger charge is 2.31. The smallest absolute Gasteiger partial charge is 0.416 e. The normalized spacial score (nSPS) is 12.1. The van der Waals surface area contributed by atoms with Crippen molar-refractivity contribution in [3.8, 4) is 11.5 Å². The van der Waals surface area contributed by atoms with E-state index in [0.29, 0.717) is 35.8 Å². The van der Waals surface area contributed by atoms with Crippen LogP contribution >= 0.6 is 23.1 Å². The van der Waals surface area contributed by atoms with Crippen LogP contribution in [0.3, 0.4) is 0 Å². The molecule has 6 nitrogen and oxygen atoms in total. The van der Waals surface area contributed by atoms with E-state index in [1.54, 1.807) is 0 Å². The Labute approximate surface area is 169 Å². The maximum absolute atomic E-state index is 14.3. The van der Waals surface area contributed by atoms with Crippen LogP contribution in [0.25, 0.3) is 0 Å².